The van der Waals surface area contributed by atoms with Crippen molar-refractivity contribution in [2.45, 2.75) is 18.7 Å². The molecule has 0 radical (unpaired) electrons. The van der Waals surface area contributed by atoms with Gasteiger partial charge in [0.1, 0.15) is 17.2 Å². The van der Waals surface area contributed by atoms with Crippen LogP contribution >= 0.6 is 34.8 Å². The molecule has 28 heavy (non-hydrogen) atoms. The van der Waals surface area contributed by atoms with Crippen molar-refractivity contribution in [1.29, 1.82) is 0 Å². The molecule has 0 saturated carbocycles. The van der Waals surface area contributed by atoms with E-state index in [9.17, 15) is 0 Å². The summed E-state index contributed by atoms with van der Waals surface area (Å²) >= 11 is 18.8. The van der Waals surface area contributed by atoms with E-state index in [0.717, 1.165) is 33.9 Å². The van der Waals surface area contributed by atoms with Crippen LogP contribution in [0.2, 0.25) is 15.1 Å². The van der Waals surface area contributed by atoms with Crippen LogP contribution < -0.4 is 14.2 Å². The Morgan fingerprint density at radius 2 is 0.857 bits per heavy atom. The molecular formula is C21H12Cl3NO3. The van der Waals surface area contributed by atoms with E-state index >= 15 is 0 Å². The molecular weight excluding hydrogens is 421 g/mol. The fourth-order valence-corrected chi connectivity index (χ4v) is 4.59. The molecule has 0 bridgehead atoms. The summed E-state index contributed by atoms with van der Waals surface area (Å²) in [4.78, 5) is 2.04. The Labute approximate surface area is 176 Å². The van der Waals surface area contributed by atoms with Gasteiger partial charge in [-0.25, -0.2) is 0 Å². The van der Waals surface area contributed by atoms with Crippen LogP contribution in [-0.2, 0) is 0 Å². The third-order valence-electron chi connectivity index (χ3n) is 5.24. The lowest BCUT2D eigenvalue weighted by Crippen LogP contribution is -2.50. The van der Waals surface area contributed by atoms with E-state index < -0.39 is 18.7 Å². The SMILES string of the molecule is Clc1ccc2c(c1)[C@H]1Oc3ccc(Cl)cc3[C@H]3Oc4ccc(Cl)cc4[C@H](O2)N13. The first-order valence-corrected chi connectivity index (χ1v) is 9.88. The van der Waals surface area contributed by atoms with Crippen molar-refractivity contribution in [2.24, 2.45) is 0 Å². The summed E-state index contributed by atoms with van der Waals surface area (Å²) in [7, 11) is 0. The standard InChI is InChI=1S/C21H12Cl3NO3/c22-10-1-4-16-13(7-10)19-25-20(26-16)14-8-11(23)2-5-17(14)28-21(25)15-9-12(24)3-6-18(15)27-19/h1-9,19-21H/t19-,20-,21+/m1/s1. The van der Waals surface area contributed by atoms with E-state index in [2.05, 4.69) is 0 Å². The van der Waals surface area contributed by atoms with Crippen LogP contribution in [0.3, 0.4) is 0 Å². The third kappa shape index (κ3) is 2.36. The zero-order chi connectivity index (χ0) is 19.0. The predicted octanol–water partition coefficient (Wildman–Crippen LogP) is 6.52. The van der Waals surface area contributed by atoms with Crippen molar-refractivity contribution in [1.82, 2.24) is 4.90 Å². The number of nitrogens with zero attached hydrogens (tertiary/aromatic N) is 1. The molecule has 3 aliphatic heterocycles. The zero-order valence-corrected chi connectivity index (χ0v) is 16.5. The molecule has 0 saturated heterocycles. The van der Waals surface area contributed by atoms with Gasteiger partial charge in [-0.15, -0.1) is 0 Å². The van der Waals surface area contributed by atoms with Crippen LogP contribution in [0.15, 0.2) is 54.6 Å². The number of benzene rings is 3. The number of fused-ring (bicyclic) bond motifs is 6. The van der Waals surface area contributed by atoms with Crippen molar-refractivity contribution < 1.29 is 14.2 Å². The normalized spacial score (nSPS) is 23.9. The van der Waals surface area contributed by atoms with Crippen LogP contribution in [0.4, 0.5) is 0 Å². The molecule has 0 fully saturated rings. The van der Waals surface area contributed by atoms with Gasteiger partial charge in [0.2, 0.25) is 0 Å². The van der Waals surface area contributed by atoms with Crippen molar-refractivity contribution in [3.63, 3.8) is 0 Å². The van der Waals surface area contributed by atoms with E-state index in [1.807, 2.05) is 59.5 Å². The topological polar surface area (TPSA) is 30.9 Å². The molecule has 7 heteroatoms. The van der Waals surface area contributed by atoms with E-state index in [-0.39, 0.29) is 0 Å². The minimum absolute atomic E-state index is 0.418. The van der Waals surface area contributed by atoms with Gasteiger partial charge in [-0.3, -0.25) is 0 Å². The van der Waals surface area contributed by atoms with Crippen LogP contribution in [-0.4, -0.2) is 4.90 Å². The fraction of sp³-hybridized carbons (Fsp3) is 0.143. The maximum Gasteiger partial charge on any atom is 0.188 e. The molecule has 0 spiro atoms. The van der Waals surface area contributed by atoms with Gasteiger partial charge in [0.15, 0.2) is 18.7 Å². The van der Waals surface area contributed by atoms with Crippen molar-refractivity contribution >= 4 is 34.8 Å². The largest absolute Gasteiger partial charge is 0.470 e. The summed E-state index contributed by atoms with van der Waals surface area (Å²) in [5.41, 5.74) is 2.55. The molecule has 3 atom stereocenters. The highest BCUT2D eigenvalue weighted by atomic mass is 35.5. The molecule has 140 valence electrons. The first kappa shape index (κ1) is 16.8. The molecule has 3 heterocycles. The van der Waals surface area contributed by atoms with Crippen molar-refractivity contribution in [3.8, 4) is 17.2 Å². The smallest absolute Gasteiger partial charge is 0.188 e. The summed E-state index contributed by atoms with van der Waals surface area (Å²) in [6.45, 7) is 0. The second-order valence-corrected chi connectivity index (χ2v) is 8.21. The summed E-state index contributed by atoms with van der Waals surface area (Å²) < 4.78 is 19.1. The van der Waals surface area contributed by atoms with Gasteiger partial charge in [-0.1, -0.05) is 34.8 Å². The number of hydrogen-bond donors (Lipinski definition) is 0. The Hall–Kier alpha value is -2.11. The van der Waals surface area contributed by atoms with E-state index in [0.29, 0.717) is 15.1 Å². The van der Waals surface area contributed by atoms with E-state index in [4.69, 9.17) is 49.0 Å². The van der Waals surface area contributed by atoms with Crippen molar-refractivity contribution in [2.75, 3.05) is 0 Å². The highest BCUT2D eigenvalue weighted by Gasteiger charge is 2.51. The Morgan fingerprint density at radius 3 is 1.18 bits per heavy atom. The van der Waals surface area contributed by atoms with Gasteiger partial charge in [-0.05, 0) is 54.6 Å². The van der Waals surface area contributed by atoms with Crippen LogP contribution in [0.25, 0.3) is 0 Å². The Morgan fingerprint density at radius 1 is 0.536 bits per heavy atom. The summed E-state index contributed by atoms with van der Waals surface area (Å²) in [6.07, 6.45) is -1.25. The zero-order valence-electron chi connectivity index (χ0n) is 14.2. The average molecular weight is 433 g/mol. The Kier molecular flexibility index (Phi) is 3.57. The van der Waals surface area contributed by atoms with Crippen LogP contribution in [0.1, 0.15) is 35.4 Å². The highest BCUT2D eigenvalue weighted by molar-refractivity contribution is 6.31. The van der Waals surface area contributed by atoms with Crippen molar-refractivity contribution in [3.05, 3.63) is 86.4 Å². The van der Waals surface area contributed by atoms with Gasteiger partial charge in [0.25, 0.3) is 0 Å². The molecule has 3 aliphatic rings. The number of halogens is 3. The van der Waals surface area contributed by atoms with Gasteiger partial charge in [0.05, 0.1) is 16.7 Å². The van der Waals surface area contributed by atoms with Gasteiger partial charge >= 0.3 is 0 Å². The summed E-state index contributed by atoms with van der Waals surface area (Å²) in [6, 6.07) is 16.6. The highest BCUT2D eigenvalue weighted by Crippen LogP contribution is 2.56. The molecule has 0 aromatic heterocycles. The molecule has 3 aromatic carbocycles. The monoisotopic (exact) mass is 431 g/mol. The quantitative estimate of drug-likeness (QED) is 0.404. The lowest BCUT2D eigenvalue weighted by molar-refractivity contribution is -0.202. The minimum Gasteiger partial charge on any atom is -0.470 e. The molecule has 6 rings (SSSR count). The van der Waals surface area contributed by atoms with Gasteiger partial charge in [-0.2, -0.15) is 4.90 Å². The lowest BCUT2D eigenvalue weighted by atomic mass is 9.99. The Bertz CT molecular complexity index is 994. The minimum atomic E-state index is -0.418. The molecule has 0 unspecified atom stereocenters. The second-order valence-electron chi connectivity index (χ2n) is 6.90. The number of ether oxygens (including phenoxy) is 3. The van der Waals surface area contributed by atoms with Gasteiger partial charge < -0.3 is 14.2 Å². The number of rotatable bonds is 0. The van der Waals surface area contributed by atoms with Crippen LogP contribution in [0.5, 0.6) is 17.2 Å². The van der Waals surface area contributed by atoms with Crippen LogP contribution in [0, 0.1) is 0 Å². The summed E-state index contributed by atoms with van der Waals surface area (Å²) in [5.74, 6) is 2.17. The van der Waals surface area contributed by atoms with Gasteiger partial charge in [0, 0.05) is 15.1 Å². The predicted molar refractivity (Wildman–Crippen MR) is 106 cm³/mol. The maximum absolute atomic E-state index is 6.37. The summed E-state index contributed by atoms with van der Waals surface area (Å²) in [5, 5.41) is 1.85. The average Bonchev–Trinajstić information content (AvgIpc) is 2.69. The molecule has 4 nitrogen and oxygen atoms in total. The first-order valence-electron chi connectivity index (χ1n) is 8.74. The second kappa shape index (κ2) is 5.94. The first-order chi connectivity index (χ1) is 13.6. The third-order valence-corrected chi connectivity index (χ3v) is 5.95. The molecule has 0 amide bonds. The lowest BCUT2D eigenvalue weighted by Gasteiger charge is -2.51. The molecule has 3 aromatic rings. The molecule has 0 N–H and O–H groups in total. The fourth-order valence-electron chi connectivity index (χ4n) is 4.04. The van der Waals surface area contributed by atoms with E-state index in [1.54, 1.807) is 0 Å². The number of hydrogen-bond acceptors (Lipinski definition) is 4. The Balaban J connectivity index is 1.61. The van der Waals surface area contributed by atoms with E-state index in [1.165, 1.54) is 0 Å². The maximum atomic E-state index is 6.37. The molecule has 0 aliphatic carbocycles.